The first kappa shape index (κ1) is 12.9. The van der Waals surface area contributed by atoms with Crippen LogP contribution in [0.2, 0.25) is 0 Å². The summed E-state index contributed by atoms with van der Waals surface area (Å²) >= 11 is 0. The van der Waals surface area contributed by atoms with E-state index in [4.69, 9.17) is 10.5 Å². The number of amides is 1. The molecule has 98 valence electrons. The van der Waals surface area contributed by atoms with Crippen LogP contribution in [0.3, 0.4) is 0 Å². The second-order valence-electron chi connectivity index (χ2n) is 3.92. The standard InChI is InChI=1S/C14H13FN2O2/c1-19-13-8-11(6-7-12(13)16)17-14(18)9-2-4-10(15)5-3-9/h2-8H,16H2,1H3,(H,17,18). The Bertz CT molecular complexity index is 597. The normalized spacial score (nSPS) is 10.0. The van der Waals surface area contributed by atoms with Crippen LogP contribution in [-0.4, -0.2) is 13.0 Å². The molecule has 19 heavy (non-hydrogen) atoms. The van der Waals surface area contributed by atoms with Crippen LogP contribution >= 0.6 is 0 Å². The molecule has 0 heterocycles. The molecule has 0 fully saturated rings. The molecular weight excluding hydrogens is 247 g/mol. The number of hydrogen-bond acceptors (Lipinski definition) is 3. The van der Waals surface area contributed by atoms with E-state index in [1.807, 2.05) is 0 Å². The number of halogens is 1. The predicted octanol–water partition coefficient (Wildman–Crippen LogP) is 2.67. The summed E-state index contributed by atoms with van der Waals surface area (Å²) in [5, 5.41) is 2.68. The number of anilines is 2. The second kappa shape index (κ2) is 5.39. The molecule has 0 unspecified atom stereocenters. The highest BCUT2D eigenvalue weighted by Crippen LogP contribution is 2.25. The van der Waals surface area contributed by atoms with Crippen LogP contribution < -0.4 is 15.8 Å². The van der Waals surface area contributed by atoms with Gasteiger partial charge in [-0.15, -0.1) is 0 Å². The lowest BCUT2D eigenvalue weighted by Gasteiger charge is -2.09. The maximum absolute atomic E-state index is 12.8. The van der Waals surface area contributed by atoms with Gasteiger partial charge in [-0.2, -0.15) is 0 Å². The molecule has 4 nitrogen and oxygen atoms in total. The molecule has 3 N–H and O–H groups in total. The SMILES string of the molecule is COc1cc(NC(=O)c2ccc(F)cc2)ccc1N. The summed E-state index contributed by atoms with van der Waals surface area (Å²) in [7, 11) is 1.50. The van der Waals surface area contributed by atoms with Crippen LogP contribution in [0.5, 0.6) is 5.75 Å². The topological polar surface area (TPSA) is 64.3 Å². The fourth-order valence-corrected chi connectivity index (χ4v) is 1.59. The molecular formula is C14H13FN2O2. The van der Waals surface area contributed by atoms with Gasteiger partial charge >= 0.3 is 0 Å². The highest BCUT2D eigenvalue weighted by molar-refractivity contribution is 6.04. The average molecular weight is 260 g/mol. The first-order valence-corrected chi connectivity index (χ1v) is 5.60. The molecule has 0 radical (unpaired) electrons. The monoisotopic (exact) mass is 260 g/mol. The van der Waals surface area contributed by atoms with E-state index in [0.717, 1.165) is 0 Å². The Balaban J connectivity index is 2.17. The Hall–Kier alpha value is -2.56. The largest absolute Gasteiger partial charge is 0.495 e. The Morgan fingerprint density at radius 3 is 2.53 bits per heavy atom. The Morgan fingerprint density at radius 1 is 1.21 bits per heavy atom. The van der Waals surface area contributed by atoms with Crippen molar-refractivity contribution in [3.63, 3.8) is 0 Å². The third-order valence-electron chi connectivity index (χ3n) is 2.60. The van der Waals surface area contributed by atoms with Crippen molar-refractivity contribution in [3.05, 3.63) is 53.8 Å². The van der Waals surface area contributed by atoms with Gasteiger partial charge in [0.15, 0.2) is 0 Å². The third-order valence-corrected chi connectivity index (χ3v) is 2.60. The summed E-state index contributed by atoms with van der Waals surface area (Å²) in [5.74, 6) is -0.227. The van der Waals surface area contributed by atoms with Gasteiger partial charge in [-0.25, -0.2) is 4.39 Å². The van der Waals surface area contributed by atoms with Crippen LogP contribution in [0.15, 0.2) is 42.5 Å². The minimum atomic E-state index is -0.384. The summed E-state index contributed by atoms with van der Waals surface area (Å²) in [6.07, 6.45) is 0. The van der Waals surface area contributed by atoms with E-state index in [-0.39, 0.29) is 11.7 Å². The number of carbonyl (C=O) groups excluding carboxylic acids is 1. The zero-order valence-electron chi connectivity index (χ0n) is 10.3. The summed E-state index contributed by atoms with van der Waals surface area (Å²) in [5.41, 5.74) is 7.10. The van der Waals surface area contributed by atoms with Crippen molar-refractivity contribution in [1.29, 1.82) is 0 Å². The molecule has 0 saturated heterocycles. The lowest BCUT2D eigenvalue weighted by atomic mass is 10.2. The first-order chi connectivity index (χ1) is 9.10. The summed E-state index contributed by atoms with van der Waals surface area (Å²) < 4.78 is 17.8. The number of ether oxygens (including phenoxy) is 1. The highest BCUT2D eigenvalue weighted by Gasteiger charge is 2.07. The number of methoxy groups -OCH3 is 1. The van der Waals surface area contributed by atoms with E-state index in [1.54, 1.807) is 18.2 Å². The fraction of sp³-hybridized carbons (Fsp3) is 0.0714. The zero-order valence-corrected chi connectivity index (χ0v) is 10.3. The summed E-state index contributed by atoms with van der Waals surface area (Å²) in [6.45, 7) is 0. The number of rotatable bonds is 3. The lowest BCUT2D eigenvalue weighted by Crippen LogP contribution is -2.12. The van der Waals surface area contributed by atoms with Gasteiger partial charge in [0.2, 0.25) is 0 Å². The molecule has 0 aliphatic heterocycles. The maximum Gasteiger partial charge on any atom is 0.255 e. The minimum Gasteiger partial charge on any atom is -0.495 e. The van der Waals surface area contributed by atoms with Gasteiger partial charge in [-0.05, 0) is 36.4 Å². The highest BCUT2D eigenvalue weighted by atomic mass is 19.1. The molecule has 0 aromatic heterocycles. The molecule has 1 amide bonds. The van der Waals surface area contributed by atoms with Crippen molar-refractivity contribution in [2.75, 3.05) is 18.2 Å². The predicted molar refractivity (Wildman–Crippen MR) is 71.8 cm³/mol. The number of nitrogen functional groups attached to an aromatic ring is 1. The van der Waals surface area contributed by atoms with Crippen LogP contribution in [-0.2, 0) is 0 Å². The maximum atomic E-state index is 12.8. The Morgan fingerprint density at radius 2 is 1.89 bits per heavy atom. The van der Waals surface area contributed by atoms with Gasteiger partial charge in [0.1, 0.15) is 11.6 Å². The van der Waals surface area contributed by atoms with Crippen LogP contribution in [0.1, 0.15) is 10.4 Å². The van der Waals surface area contributed by atoms with Crippen LogP contribution in [0.4, 0.5) is 15.8 Å². The molecule has 0 atom stereocenters. The molecule has 0 spiro atoms. The number of nitrogens with one attached hydrogen (secondary N) is 1. The van der Waals surface area contributed by atoms with E-state index >= 15 is 0 Å². The van der Waals surface area contributed by atoms with Gasteiger partial charge in [0, 0.05) is 17.3 Å². The van der Waals surface area contributed by atoms with E-state index in [0.29, 0.717) is 22.7 Å². The van der Waals surface area contributed by atoms with Crippen LogP contribution in [0, 0.1) is 5.82 Å². The molecule has 2 aromatic rings. The third kappa shape index (κ3) is 3.01. The molecule has 5 heteroatoms. The average Bonchev–Trinajstić information content (AvgIpc) is 2.41. The molecule has 0 aliphatic rings. The quantitative estimate of drug-likeness (QED) is 0.834. The summed E-state index contributed by atoms with van der Waals surface area (Å²) in [4.78, 5) is 11.9. The van der Waals surface area contributed by atoms with E-state index in [2.05, 4.69) is 5.32 Å². The first-order valence-electron chi connectivity index (χ1n) is 5.60. The fourth-order valence-electron chi connectivity index (χ4n) is 1.59. The molecule has 0 aliphatic carbocycles. The summed E-state index contributed by atoms with van der Waals surface area (Å²) in [6, 6.07) is 10.2. The van der Waals surface area contributed by atoms with E-state index < -0.39 is 0 Å². The minimum absolute atomic E-state index is 0.327. The Kier molecular flexibility index (Phi) is 3.66. The van der Waals surface area contributed by atoms with Crippen molar-refractivity contribution in [3.8, 4) is 5.75 Å². The van der Waals surface area contributed by atoms with Crippen molar-refractivity contribution < 1.29 is 13.9 Å². The number of hydrogen-bond donors (Lipinski definition) is 2. The molecule has 0 bridgehead atoms. The van der Waals surface area contributed by atoms with Crippen molar-refractivity contribution in [2.45, 2.75) is 0 Å². The molecule has 0 saturated carbocycles. The Labute approximate surface area is 110 Å². The van der Waals surface area contributed by atoms with Gasteiger partial charge in [-0.3, -0.25) is 4.79 Å². The smallest absolute Gasteiger partial charge is 0.255 e. The van der Waals surface area contributed by atoms with Crippen molar-refractivity contribution in [2.24, 2.45) is 0 Å². The second-order valence-corrected chi connectivity index (χ2v) is 3.92. The van der Waals surface area contributed by atoms with Gasteiger partial charge < -0.3 is 15.8 Å². The van der Waals surface area contributed by atoms with E-state index in [1.165, 1.54) is 31.4 Å². The molecule has 2 aromatic carbocycles. The van der Waals surface area contributed by atoms with Gasteiger partial charge in [0.25, 0.3) is 5.91 Å². The molecule has 2 rings (SSSR count). The van der Waals surface area contributed by atoms with Crippen molar-refractivity contribution >= 4 is 17.3 Å². The van der Waals surface area contributed by atoms with Gasteiger partial charge in [0.05, 0.1) is 12.8 Å². The van der Waals surface area contributed by atoms with Gasteiger partial charge in [-0.1, -0.05) is 0 Å². The van der Waals surface area contributed by atoms with Crippen molar-refractivity contribution in [1.82, 2.24) is 0 Å². The lowest BCUT2D eigenvalue weighted by molar-refractivity contribution is 0.102. The number of carbonyl (C=O) groups is 1. The zero-order chi connectivity index (χ0) is 13.8. The van der Waals surface area contributed by atoms with E-state index in [9.17, 15) is 9.18 Å². The number of nitrogens with two attached hydrogens (primary N) is 1. The van der Waals surface area contributed by atoms with Crippen LogP contribution in [0.25, 0.3) is 0 Å². The number of benzene rings is 2.